The van der Waals surface area contributed by atoms with Crippen molar-refractivity contribution in [3.8, 4) is 11.3 Å². The number of aryl methyl sites for hydroxylation is 1. The number of hydrogen-bond acceptors (Lipinski definition) is 7. The molecule has 39 heavy (non-hydrogen) atoms. The molecule has 1 amide bonds. The van der Waals surface area contributed by atoms with Crippen LogP contribution in [0.4, 0.5) is 5.69 Å². The predicted octanol–water partition coefficient (Wildman–Crippen LogP) is 6.82. The van der Waals surface area contributed by atoms with Gasteiger partial charge in [-0.3, -0.25) is 4.79 Å². The van der Waals surface area contributed by atoms with Crippen LogP contribution in [0.25, 0.3) is 11.3 Å². The van der Waals surface area contributed by atoms with Crippen LogP contribution in [0.1, 0.15) is 106 Å². The van der Waals surface area contributed by atoms with E-state index in [1.807, 2.05) is 23.2 Å². The molecule has 8 heteroatoms. The third-order valence-corrected chi connectivity index (χ3v) is 8.46. The molecular formula is C31H40N4O4. The fourth-order valence-corrected chi connectivity index (χ4v) is 5.92. The van der Waals surface area contributed by atoms with Crippen molar-refractivity contribution < 1.29 is 18.5 Å². The van der Waals surface area contributed by atoms with E-state index in [0.29, 0.717) is 18.4 Å². The zero-order valence-corrected chi connectivity index (χ0v) is 22.9. The van der Waals surface area contributed by atoms with E-state index in [0.717, 1.165) is 112 Å². The molecule has 1 aliphatic heterocycles. The lowest BCUT2D eigenvalue weighted by Crippen LogP contribution is -2.38. The minimum atomic E-state index is 0.118. The highest BCUT2D eigenvalue weighted by molar-refractivity contribution is 5.95. The first-order chi connectivity index (χ1) is 19.2. The summed E-state index contributed by atoms with van der Waals surface area (Å²) in [6, 6.07) is 8.21. The molecule has 8 nitrogen and oxygen atoms in total. The Hall–Kier alpha value is -3.00. The second-order valence-corrected chi connectivity index (χ2v) is 11.5. The van der Waals surface area contributed by atoms with Crippen molar-refractivity contribution in [1.29, 1.82) is 0 Å². The number of anilines is 1. The number of oxazole rings is 1. The largest absolute Gasteiger partial charge is 0.440 e. The van der Waals surface area contributed by atoms with Gasteiger partial charge in [-0.15, -0.1) is 0 Å². The number of amides is 1. The first kappa shape index (κ1) is 26.2. The maximum Gasteiger partial charge on any atom is 0.230 e. The maximum atomic E-state index is 13.8. The second-order valence-electron chi connectivity index (χ2n) is 11.5. The number of carbonyl (C=O) groups is 1. The van der Waals surface area contributed by atoms with Gasteiger partial charge >= 0.3 is 0 Å². The van der Waals surface area contributed by atoms with Crippen molar-refractivity contribution in [1.82, 2.24) is 15.1 Å². The number of aromatic nitrogens is 3. The van der Waals surface area contributed by atoms with Crippen molar-refractivity contribution in [3.63, 3.8) is 0 Å². The summed E-state index contributed by atoms with van der Waals surface area (Å²) in [6.07, 6.45) is 15.3. The zero-order chi connectivity index (χ0) is 26.4. The smallest absolute Gasteiger partial charge is 0.230 e. The Morgan fingerprint density at radius 1 is 0.949 bits per heavy atom. The van der Waals surface area contributed by atoms with E-state index >= 15 is 0 Å². The van der Waals surface area contributed by atoms with E-state index in [2.05, 4.69) is 27.3 Å². The van der Waals surface area contributed by atoms with Gasteiger partial charge in [0.1, 0.15) is 0 Å². The highest BCUT2D eigenvalue weighted by Crippen LogP contribution is 2.38. The summed E-state index contributed by atoms with van der Waals surface area (Å²) in [5, 5.41) is 4.12. The van der Waals surface area contributed by atoms with Crippen LogP contribution in [-0.2, 0) is 16.0 Å². The molecule has 208 valence electrons. The first-order valence-corrected chi connectivity index (χ1v) is 15.0. The average molecular weight is 533 g/mol. The van der Waals surface area contributed by atoms with Crippen LogP contribution in [0.15, 0.2) is 39.4 Å². The van der Waals surface area contributed by atoms with Gasteiger partial charge in [-0.25, -0.2) is 4.98 Å². The van der Waals surface area contributed by atoms with Gasteiger partial charge in [0.05, 0.1) is 6.20 Å². The quantitative estimate of drug-likeness (QED) is 0.250. The van der Waals surface area contributed by atoms with E-state index in [1.54, 1.807) is 0 Å². The predicted molar refractivity (Wildman–Crippen MR) is 147 cm³/mol. The molecule has 3 fully saturated rings. The van der Waals surface area contributed by atoms with Crippen LogP contribution in [0.2, 0.25) is 0 Å². The van der Waals surface area contributed by atoms with Gasteiger partial charge in [-0.05, 0) is 63.5 Å². The van der Waals surface area contributed by atoms with Crippen molar-refractivity contribution in [2.24, 2.45) is 5.92 Å². The van der Waals surface area contributed by atoms with E-state index in [4.69, 9.17) is 13.7 Å². The fourth-order valence-electron chi connectivity index (χ4n) is 5.92. The summed E-state index contributed by atoms with van der Waals surface area (Å²) in [7, 11) is 0. The number of ether oxygens (including phenoxy) is 1. The van der Waals surface area contributed by atoms with Crippen LogP contribution in [0.5, 0.6) is 0 Å². The minimum Gasteiger partial charge on any atom is -0.440 e. The lowest BCUT2D eigenvalue weighted by atomic mass is 9.88. The molecular weight excluding hydrogens is 492 g/mol. The Morgan fingerprint density at radius 3 is 2.62 bits per heavy atom. The molecule has 1 saturated heterocycles. The zero-order valence-electron chi connectivity index (χ0n) is 22.9. The Bertz CT molecular complexity index is 1220. The Balaban J connectivity index is 1.11. The van der Waals surface area contributed by atoms with E-state index in [1.165, 1.54) is 19.3 Å². The maximum absolute atomic E-state index is 13.8. The Morgan fingerprint density at radius 2 is 1.79 bits per heavy atom. The van der Waals surface area contributed by atoms with Crippen molar-refractivity contribution in [2.45, 2.75) is 95.3 Å². The number of hydrogen-bond donors (Lipinski definition) is 0. The highest BCUT2D eigenvalue weighted by atomic mass is 16.5. The van der Waals surface area contributed by atoms with E-state index in [-0.39, 0.29) is 11.8 Å². The average Bonchev–Trinajstić information content (AvgIpc) is 3.52. The van der Waals surface area contributed by atoms with Crippen LogP contribution in [-0.4, -0.2) is 40.8 Å². The summed E-state index contributed by atoms with van der Waals surface area (Å²) in [6.45, 7) is 2.22. The topological polar surface area (TPSA) is 94.5 Å². The van der Waals surface area contributed by atoms with E-state index < -0.39 is 0 Å². The molecule has 2 aliphatic carbocycles. The molecule has 1 aromatic carbocycles. The number of unbranched alkanes of at least 4 members (excludes halogenated alkanes) is 2. The summed E-state index contributed by atoms with van der Waals surface area (Å²) in [5.74, 6) is 4.38. The molecule has 3 aliphatic rings. The van der Waals surface area contributed by atoms with Crippen LogP contribution >= 0.6 is 0 Å². The molecule has 0 bridgehead atoms. The molecule has 0 atom stereocenters. The van der Waals surface area contributed by atoms with E-state index in [9.17, 15) is 4.79 Å². The van der Waals surface area contributed by atoms with Gasteiger partial charge in [0.25, 0.3) is 0 Å². The van der Waals surface area contributed by atoms with Crippen molar-refractivity contribution in [3.05, 3.63) is 48.1 Å². The monoisotopic (exact) mass is 532 g/mol. The number of carbonyl (C=O) groups excluding carboxylic acids is 1. The fraction of sp³-hybridized carbons (Fsp3) is 0.613. The molecule has 0 unspecified atom stereocenters. The molecule has 3 aromatic rings. The van der Waals surface area contributed by atoms with Crippen LogP contribution < -0.4 is 4.90 Å². The lowest BCUT2D eigenvalue weighted by molar-refractivity contribution is -0.123. The van der Waals surface area contributed by atoms with Crippen LogP contribution in [0.3, 0.4) is 0 Å². The summed E-state index contributed by atoms with van der Waals surface area (Å²) >= 11 is 0. The summed E-state index contributed by atoms with van der Waals surface area (Å²) < 4.78 is 17.1. The van der Waals surface area contributed by atoms with Crippen molar-refractivity contribution >= 4 is 11.6 Å². The first-order valence-electron chi connectivity index (χ1n) is 15.0. The third kappa shape index (κ3) is 6.60. The normalized spacial score (nSPS) is 18.9. The number of rotatable bonds is 11. The van der Waals surface area contributed by atoms with Gasteiger partial charge in [0.2, 0.25) is 11.8 Å². The minimum absolute atomic E-state index is 0.118. The Labute approximate surface area is 230 Å². The molecule has 0 radical (unpaired) electrons. The third-order valence-electron chi connectivity index (χ3n) is 8.46. The van der Waals surface area contributed by atoms with Gasteiger partial charge in [0.15, 0.2) is 17.5 Å². The molecule has 3 heterocycles. The van der Waals surface area contributed by atoms with Gasteiger partial charge in [-0.1, -0.05) is 43.0 Å². The van der Waals surface area contributed by atoms with Gasteiger partial charge in [0, 0.05) is 55.2 Å². The molecule has 2 aromatic heterocycles. The van der Waals surface area contributed by atoms with Gasteiger partial charge in [-0.2, -0.15) is 4.98 Å². The molecule has 2 saturated carbocycles. The second kappa shape index (κ2) is 12.5. The number of benzene rings is 1. The SMILES string of the molecule is O=C(C1CCCCC1)N(CCCCCc1nc(C2CC2)no1)c1cccc(-c2cnc(C3CCOCC3)o2)c1. The Kier molecular flexibility index (Phi) is 8.38. The van der Waals surface area contributed by atoms with Crippen LogP contribution in [0, 0.1) is 5.92 Å². The number of nitrogens with zero attached hydrogens (tertiary/aromatic N) is 4. The molecule has 6 rings (SSSR count). The molecule has 0 spiro atoms. The van der Waals surface area contributed by atoms with Crippen molar-refractivity contribution in [2.75, 3.05) is 24.7 Å². The highest BCUT2D eigenvalue weighted by Gasteiger charge is 2.29. The lowest BCUT2D eigenvalue weighted by Gasteiger charge is -2.30. The molecule has 0 N–H and O–H groups in total. The summed E-state index contributed by atoms with van der Waals surface area (Å²) in [4.78, 5) is 24.9. The van der Waals surface area contributed by atoms with Gasteiger partial charge < -0.3 is 18.6 Å². The standard InChI is InChI=1S/C31H40N4O4/c36-31(24-8-3-1-4-9-24)35(17-6-2-5-12-28-33-29(34-39-28)22-13-14-22)26-11-7-10-25(20-26)27-21-32-30(38-27)23-15-18-37-19-16-23/h7,10-11,20-24H,1-6,8-9,12-19H2. The summed E-state index contributed by atoms with van der Waals surface area (Å²) in [5.41, 5.74) is 1.90.